The molecule has 1 unspecified atom stereocenters. The molecule has 0 fully saturated rings. The summed E-state index contributed by atoms with van der Waals surface area (Å²) in [4.78, 5) is 11.7. The standard InChI is InChI=1S/C13H16ClF3N2O2/c1-2-9(7-20)18-6-12(21)19-11-4-3-8(14)5-10(11)13(15,16)17/h3-5,9,18,20H,2,6-7H2,1H3,(H,19,21). The number of carbonyl (C=O) groups is 1. The fourth-order valence-corrected chi connectivity index (χ4v) is 1.80. The second-order valence-corrected chi connectivity index (χ2v) is 4.84. The number of aliphatic hydroxyl groups excluding tert-OH is 1. The van der Waals surface area contributed by atoms with E-state index in [-0.39, 0.29) is 29.9 Å². The van der Waals surface area contributed by atoms with E-state index in [0.717, 1.165) is 12.1 Å². The molecule has 1 atom stereocenters. The van der Waals surface area contributed by atoms with Crippen LogP contribution >= 0.6 is 11.6 Å². The number of benzene rings is 1. The Bertz CT molecular complexity index is 491. The van der Waals surface area contributed by atoms with Crippen molar-refractivity contribution in [1.29, 1.82) is 0 Å². The molecule has 0 aliphatic heterocycles. The molecule has 0 bridgehead atoms. The highest BCUT2D eigenvalue weighted by Gasteiger charge is 2.34. The lowest BCUT2D eigenvalue weighted by Crippen LogP contribution is -2.38. The molecule has 8 heteroatoms. The van der Waals surface area contributed by atoms with Crippen LogP contribution in [0.5, 0.6) is 0 Å². The molecule has 0 aliphatic carbocycles. The third-order valence-electron chi connectivity index (χ3n) is 2.83. The van der Waals surface area contributed by atoms with Gasteiger partial charge in [0.1, 0.15) is 0 Å². The maximum absolute atomic E-state index is 12.8. The Morgan fingerprint density at radius 1 is 1.43 bits per heavy atom. The van der Waals surface area contributed by atoms with Crippen LogP contribution in [0.15, 0.2) is 18.2 Å². The molecule has 118 valence electrons. The van der Waals surface area contributed by atoms with E-state index in [0.29, 0.717) is 6.42 Å². The Kier molecular flexibility index (Phi) is 6.44. The van der Waals surface area contributed by atoms with Gasteiger partial charge >= 0.3 is 6.18 Å². The maximum Gasteiger partial charge on any atom is 0.418 e. The molecule has 0 saturated carbocycles. The van der Waals surface area contributed by atoms with Crippen molar-refractivity contribution < 1.29 is 23.1 Å². The minimum atomic E-state index is -4.61. The summed E-state index contributed by atoms with van der Waals surface area (Å²) in [5.74, 6) is -0.630. The van der Waals surface area contributed by atoms with Crippen molar-refractivity contribution in [2.24, 2.45) is 0 Å². The third kappa shape index (κ3) is 5.53. The van der Waals surface area contributed by atoms with Crippen LogP contribution in [0.4, 0.5) is 18.9 Å². The maximum atomic E-state index is 12.8. The number of hydrogen-bond acceptors (Lipinski definition) is 3. The molecule has 1 amide bonds. The summed E-state index contributed by atoms with van der Waals surface area (Å²) >= 11 is 5.55. The van der Waals surface area contributed by atoms with Gasteiger partial charge in [-0.2, -0.15) is 13.2 Å². The first-order chi connectivity index (χ1) is 9.77. The SMILES string of the molecule is CCC(CO)NCC(=O)Nc1ccc(Cl)cc1C(F)(F)F. The Hall–Kier alpha value is -1.31. The van der Waals surface area contributed by atoms with E-state index < -0.39 is 17.6 Å². The monoisotopic (exact) mass is 324 g/mol. The van der Waals surface area contributed by atoms with Crippen molar-refractivity contribution in [2.45, 2.75) is 25.6 Å². The van der Waals surface area contributed by atoms with Gasteiger partial charge in [-0.15, -0.1) is 0 Å². The van der Waals surface area contributed by atoms with Crippen molar-refractivity contribution in [2.75, 3.05) is 18.5 Å². The van der Waals surface area contributed by atoms with Gasteiger partial charge in [0.15, 0.2) is 0 Å². The zero-order valence-corrected chi connectivity index (χ0v) is 12.1. The molecule has 1 aromatic rings. The first-order valence-corrected chi connectivity index (χ1v) is 6.66. The predicted molar refractivity (Wildman–Crippen MR) is 74.3 cm³/mol. The van der Waals surface area contributed by atoms with Crippen LogP contribution in [0, 0.1) is 0 Å². The van der Waals surface area contributed by atoms with E-state index in [1.165, 1.54) is 6.07 Å². The van der Waals surface area contributed by atoms with Crippen molar-refractivity contribution in [3.05, 3.63) is 28.8 Å². The number of carbonyl (C=O) groups excluding carboxylic acids is 1. The number of rotatable bonds is 6. The smallest absolute Gasteiger partial charge is 0.395 e. The summed E-state index contributed by atoms with van der Waals surface area (Å²) < 4.78 is 38.5. The lowest BCUT2D eigenvalue weighted by Gasteiger charge is -2.16. The molecule has 0 heterocycles. The minimum absolute atomic E-state index is 0.0650. The van der Waals surface area contributed by atoms with Crippen molar-refractivity contribution in [3.63, 3.8) is 0 Å². The summed E-state index contributed by atoms with van der Waals surface area (Å²) in [6, 6.07) is 2.85. The van der Waals surface area contributed by atoms with E-state index in [1.807, 2.05) is 6.92 Å². The number of halogens is 4. The van der Waals surface area contributed by atoms with Crippen molar-refractivity contribution in [3.8, 4) is 0 Å². The highest BCUT2D eigenvalue weighted by Crippen LogP contribution is 2.36. The molecular formula is C13H16ClF3N2O2. The van der Waals surface area contributed by atoms with E-state index >= 15 is 0 Å². The van der Waals surface area contributed by atoms with Gasteiger partial charge in [-0.1, -0.05) is 18.5 Å². The van der Waals surface area contributed by atoms with Crippen LogP contribution in [-0.4, -0.2) is 30.2 Å². The number of alkyl halides is 3. The lowest BCUT2D eigenvalue weighted by atomic mass is 10.1. The second-order valence-electron chi connectivity index (χ2n) is 4.40. The molecule has 1 aromatic carbocycles. The Balaban J connectivity index is 2.77. The molecule has 4 nitrogen and oxygen atoms in total. The van der Waals surface area contributed by atoms with Crippen LogP contribution in [-0.2, 0) is 11.0 Å². The van der Waals surface area contributed by atoms with Gasteiger partial charge in [-0.25, -0.2) is 0 Å². The Labute approximate surface area is 125 Å². The summed E-state index contributed by atoms with van der Waals surface area (Å²) in [6.45, 7) is 1.46. The summed E-state index contributed by atoms with van der Waals surface area (Å²) in [5, 5.41) is 13.8. The lowest BCUT2D eigenvalue weighted by molar-refractivity contribution is -0.137. The molecule has 21 heavy (non-hydrogen) atoms. The van der Waals surface area contributed by atoms with Gasteiger partial charge in [0.2, 0.25) is 5.91 Å². The van der Waals surface area contributed by atoms with Gasteiger partial charge in [0.05, 0.1) is 24.4 Å². The van der Waals surface area contributed by atoms with E-state index in [4.69, 9.17) is 16.7 Å². The van der Waals surface area contributed by atoms with Crippen molar-refractivity contribution >= 4 is 23.2 Å². The average Bonchev–Trinajstić information content (AvgIpc) is 2.41. The van der Waals surface area contributed by atoms with Gasteiger partial charge < -0.3 is 15.7 Å². The number of nitrogens with one attached hydrogen (secondary N) is 2. The molecule has 3 N–H and O–H groups in total. The Morgan fingerprint density at radius 2 is 2.10 bits per heavy atom. The number of amides is 1. The molecule has 0 saturated heterocycles. The summed E-state index contributed by atoms with van der Waals surface area (Å²) in [6.07, 6.45) is -4.02. The van der Waals surface area contributed by atoms with Crippen LogP contribution in [0.25, 0.3) is 0 Å². The topological polar surface area (TPSA) is 61.4 Å². The molecule has 1 rings (SSSR count). The molecule has 0 aromatic heterocycles. The highest BCUT2D eigenvalue weighted by atomic mass is 35.5. The normalized spacial score (nSPS) is 13.0. The predicted octanol–water partition coefficient (Wildman–Crippen LogP) is 2.66. The largest absolute Gasteiger partial charge is 0.418 e. The first-order valence-electron chi connectivity index (χ1n) is 6.28. The van der Waals surface area contributed by atoms with Gasteiger partial charge in [-0.05, 0) is 24.6 Å². The van der Waals surface area contributed by atoms with E-state index in [2.05, 4.69) is 10.6 Å². The first kappa shape index (κ1) is 17.7. The number of aliphatic hydroxyl groups is 1. The number of hydrogen-bond donors (Lipinski definition) is 3. The van der Waals surface area contributed by atoms with Crippen LogP contribution in [0.2, 0.25) is 5.02 Å². The fourth-order valence-electron chi connectivity index (χ4n) is 1.63. The van der Waals surface area contributed by atoms with Gasteiger partial charge in [0, 0.05) is 11.1 Å². The zero-order valence-electron chi connectivity index (χ0n) is 11.3. The highest BCUT2D eigenvalue weighted by molar-refractivity contribution is 6.30. The second kappa shape index (κ2) is 7.63. The number of anilines is 1. The fraction of sp³-hybridized carbons (Fsp3) is 0.462. The van der Waals surface area contributed by atoms with Crippen molar-refractivity contribution in [1.82, 2.24) is 5.32 Å². The zero-order chi connectivity index (χ0) is 16.0. The molecule has 0 aliphatic rings. The minimum Gasteiger partial charge on any atom is -0.395 e. The van der Waals surface area contributed by atoms with Crippen LogP contribution in [0.3, 0.4) is 0 Å². The quantitative estimate of drug-likeness (QED) is 0.754. The average molecular weight is 325 g/mol. The molecule has 0 radical (unpaired) electrons. The third-order valence-corrected chi connectivity index (χ3v) is 3.06. The van der Waals surface area contributed by atoms with E-state index in [1.54, 1.807) is 0 Å². The summed E-state index contributed by atoms with van der Waals surface area (Å²) in [5.41, 5.74) is -1.35. The van der Waals surface area contributed by atoms with Gasteiger partial charge in [0.25, 0.3) is 0 Å². The van der Waals surface area contributed by atoms with E-state index in [9.17, 15) is 18.0 Å². The van der Waals surface area contributed by atoms with Gasteiger partial charge in [-0.3, -0.25) is 4.79 Å². The molecule has 0 spiro atoms. The van der Waals surface area contributed by atoms with Crippen LogP contribution in [0.1, 0.15) is 18.9 Å². The Morgan fingerprint density at radius 3 is 2.62 bits per heavy atom. The molecular weight excluding hydrogens is 309 g/mol. The van der Waals surface area contributed by atoms with Crippen LogP contribution < -0.4 is 10.6 Å². The summed E-state index contributed by atoms with van der Waals surface area (Å²) in [7, 11) is 0.